The highest BCUT2D eigenvalue weighted by molar-refractivity contribution is 7.99. The van der Waals surface area contributed by atoms with Crippen LogP contribution in [-0.4, -0.2) is 27.0 Å². The lowest BCUT2D eigenvalue weighted by molar-refractivity contribution is 0.609. The van der Waals surface area contributed by atoms with E-state index in [-0.39, 0.29) is 5.41 Å². The smallest absolute Gasteiger partial charge is 0.179 e. The minimum atomic E-state index is -2.99. The Labute approximate surface area is 347 Å². The molecule has 0 radical (unpaired) electrons. The number of fused-ring (bicyclic) bond motifs is 12. The fraction of sp³-hybridized carbons (Fsp3) is 0.0566. The van der Waals surface area contributed by atoms with Gasteiger partial charge in [-0.15, -0.1) is 0 Å². The molecule has 6 heteroatoms. The summed E-state index contributed by atoms with van der Waals surface area (Å²) in [7, 11) is -2.99. The highest BCUT2D eigenvalue weighted by atomic mass is 32.2. The quantitative estimate of drug-likeness (QED) is 0.0990. The Morgan fingerprint density at radius 2 is 1.19 bits per heavy atom. The average Bonchev–Trinajstić information content (AvgIpc) is 3.92. The van der Waals surface area contributed by atoms with E-state index in [0.717, 1.165) is 27.9 Å². The molecule has 11 aromatic rings. The van der Waals surface area contributed by atoms with Crippen LogP contribution < -0.4 is 20.7 Å². The van der Waals surface area contributed by atoms with E-state index in [1.807, 2.05) is 24.2 Å². The van der Waals surface area contributed by atoms with Crippen LogP contribution in [0.1, 0.15) is 25.0 Å². The van der Waals surface area contributed by atoms with E-state index in [2.05, 4.69) is 205 Å². The van der Waals surface area contributed by atoms with Crippen molar-refractivity contribution in [3.63, 3.8) is 0 Å². The molecular formula is C53H38N4SSi. The van der Waals surface area contributed by atoms with Gasteiger partial charge in [0.2, 0.25) is 0 Å². The van der Waals surface area contributed by atoms with Crippen LogP contribution in [0.15, 0.2) is 204 Å². The second kappa shape index (κ2) is 12.9. The maximum atomic E-state index is 5.13. The zero-order chi connectivity index (χ0) is 39.3. The van der Waals surface area contributed by atoms with E-state index in [0.29, 0.717) is 0 Å². The van der Waals surface area contributed by atoms with Gasteiger partial charge in [0.1, 0.15) is 11.3 Å². The fourth-order valence-corrected chi connectivity index (χ4v) is 16.5. The van der Waals surface area contributed by atoms with Crippen LogP contribution in [0.2, 0.25) is 0 Å². The van der Waals surface area contributed by atoms with Crippen molar-refractivity contribution in [3.05, 3.63) is 206 Å². The van der Waals surface area contributed by atoms with Gasteiger partial charge in [-0.2, -0.15) is 0 Å². The Balaban J connectivity index is 1.15. The molecule has 1 aliphatic heterocycles. The first-order valence-corrected chi connectivity index (χ1v) is 23.0. The molecule has 4 aromatic heterocycles. The van der Waals surface area contributed by atoms with Gasteiger partial charge in [-0.3, -0.25) is 8.97 Å². The van der Waals surface area contributed by atoms with E-state index in [1.54, 1.807) is 0 Å². The van der Waals surface area contributed by atoms with Crippen molar-refractivity contribution < 1.29 is 0 Å². The van der Waals surface area contributed by atoms with Gasteiger partial charge in [0, 0.05) is 61.0 Å². The summed E-state index contributed by atoms with van der Waals surface area (Å²) in [5, 5.41) is 11.3. The van der Waals surface area contributed by atoms with Crippen molar-refractivity contribution in [2.75, 3.05) is 0 Å². The van der Waals surface area contributed by atoms with E-state index in [4.69, 9.17) is 9.97 Å². The molecule has 0 fully saturated rings. The lowest BCUT2D eigenvalue weighted by Crippen LogP contribution is -2.74. The largest absolute Gasteiger partial charge is 0.299 e. The molecule has 4 nitrogen and oxygen atoms in total. The van der Waals surface area contributed by atoms with Crippen molar-refractivity contribution in [1.29, 1.82) is 0 Å². The number of benzene rings is 7. The van der Waals surface area contributed by atoms with Crippen LogP contribution in [0.3, 0.4) is 0 Å². The molecule has 0 amide bonds. The molecule has 7 aromatic carbocycles. The SMILES string of the molecule is CC1(C)c2ccccc2Sc2c1ccc1c2c2cccnc2n1-c1cccc([Si](c2ccccc2)(c2ccccc2)c2ccc3c4ccccc4n4ccnc4c3c2)c1. The van der Waals surface area contributed by atoms with Gasteiger partial charge in [0.25, 0.3) is 0 Å². The van der Waals surface area contributed by atoms with E-state index in [1.165, 1.54) is 68.7 Å². The van der Waals surface area contributed by atoms with E-state index < -0.39 is 8.07 Å². The van der Waals surface area contributed by atoms with Gasteiger partial charge >= 0.3 is 0 Å². The maximum Gasteiger partial charge on any atom is 0.179 e. The normalized spacial score (nSPS) is 13.7. The van der Waals surface area contributed by atoms with Crippen molar-refractivity contribution >= 4 is 89.8 Å². The second-order valence-electron chi connectivity index (χ2n) is 16.2. The highest BCUT2D eigenvalue weighted by Gasteiger charge is 2.42. The van der Waals surface area contributed by atoms with Crippen LogP contribution in [0.4, 0.5) is 0 Å². The molecule has 0 unspecified atom stereocenters. The summed E-state index contributed by atoms with van der Waals surface area (Å²) in [4.78, 5) is 12.7. The first kappa shape index (κ1) is 34.3. The number of aromatic nitrogens is 4. The Kier molecular flexibility index (Phi) is 7.50. The van der Waals surface area contributed by atoms with Crippen LogP contribution in [0.5, 0.6) is 0 Å². The summed E-state index contributed by atoms with van der Waals surface area (Å²) in [6.45, 7) is 4.72. The predicted octanol–water partition coefficient (Wildman–Crippen LogP) is 10.3. The third-order valence-electron chi connectivity index (χ3n) is 12.8. The minimum Gasteiger partial charge on any atom is -0.299 e. The molecule has 0 saturated heterocycles. The number of para-hydroxylation sites is 1. The Hall–Kier alpha value is -6.73. The lowest BCUT2D eigenvalue weighted by atomic mass is 9.77. The minimum absolute atomic E-state index is 0.132. The first-order chi connectivity index (χ1) is 29.0. The highest BCUT2D eigenvalue weighted by Crippen LogP contribution is 2.53. The average molecular weight is 791 g/mol. The molecular weight excluding hydrogens is 753 g/mol. The summed E-state index contributed by atoms with van der Waals surface area (Å²) >= 11 is 1.90. The summed E-state index contributed by atoms with van der Waals surface area (Å²) in [6.07, 6.45) is 5.94. The third-order valence-corrected chi connectivity index (χ3v) is 18.8. The second-order valence-corrected chi connectivity index (χ2v) is 21.1. The predicted molar refractivity (Wildman–Crippen MR) is 249 cm³/mol. The molecule has 59 heavy (non-hydrogen) atoms. The number of imidazole rings is 1. The summed E-state index contributed by atoms with van der Waals surface area (Å²) < 4.78 is 4.64. The van der Waals surface area contributed by atoms with E-state index >= 15 is 0 Å². The van der Waals surface area contributed by atoms with Crippen molar-refractivity contribution in [3.8, 4) is 5.69 Å². The Morgan fingerprint density at radius 1 is 0.492 bits per heavy atom. The molecule has 0 aliphatic carbocycles. The third kappa shape index (κ3) is 4.84. The molecule has 280 valence electrons. The zero-order valence-corrected chi connectivity index (χ0v) is 34.5. The van der Waals surface area contributed by atoms with Gasteiger partial charge in [-0.05, 0) is 79.7 Å². The summed E-state index contributed by atoms with van der Waals surface area (Å²) in [5.74, 6) is 0. The molecule has 0 saturated carbocycles. The van der Waals surface area contributed by atoms with Crippen LogP contribution in [0, 0.1) is 0 Å². The van der Waals surface area contributed by atoms with Crippen molar-refractivity contribution in [2.45, 2.75) is 29.1 Å². The number of pyridine rings is 2. The topological polar surface area (TPSA) is 35.1 Å². The van der Waals surface area contributed by atoms with Crippen LogP contribution >= 0.6 is 11.8 Å². The molecule has 0 bridgehead atoms. The van der Waals surface area contributed by atoms with Crippen molar-refractivity contribution in [1.82, 2.24) is 18.9 Å². The first-order valence-electron chi connectivity index (χ1n) is 20.2. The van der Waals surface area contributed by atoms with Gasteiger partial charge < -0.3 is 0 Å². The van der Waals surface area contributed by atoms with Gasteiger partial charge in [-0.25, -0.2) is 9.97 Å². The van der Waals surface area contributed by atoms with Crippen molar-refractivity contribution in [2.24, 2.45) is 0 Å². The van der Waals surface area contributed by atoms with Gasteiger partial charge in [-0.1, -0.05) is 159 Å². The molecule has 1 aliphatic rings. The van der Waals surface area contributed by atoms with Crippen LogP contribution in [-0.2, 0) is 5.41 Å². The maximum absolute atomic E-state index is 5.13. The van der Waals surface area contributed by atoms with Crippen LogP contribution in [0.25, 0.3) is 54.9 Å². The number of nitrogens with zero attached hydrogens (tertiary/aromatic N) is 4. The number of rotatable bonds is 5. The van der Waals surface area contributed by atoms with Gasteiger partial charge in [0.05, 0.1) is 11.0 Å². The van der Waals surface area contributed by atoms with Gasteiger partial charge in [0.15, 0.2) is 8.07 Å². The monoisotopic (exact) mass is 790 g/mol. The number of hydrogen-bond donors (Lipinski definition) is 0. The summed E-state index contributed by atoms with van der Waals surface area (Å²) in [6, 6.07) is 65.5. The molecule has 0 spiro atoms. The Bertz CT molecular complexity index is 3420. The molecule has 0 N–H and O–H groups in total. The zero-order valence-electron chi connectivity index (χ0n) is 32.7. The molecule has 12 rings (SSSR count). The molecule has 5 heterocycles. The lowest BCUT2D eigenvalue weighted by Gasteiger charge is -2.35. The fourth-order valence-electron chi connectivity index (χ4n) is 10.2. The Morgan fingerprint density at radius 3 is 2.02 bits per heavy atom. The number of hydrogen-bond acceptors (Lipinski definition) is 3. The van der Waals surface area contributed by atoms with E-state index in [9.17, 15) is 0 Å². The molecule has 0 atom stereocenters. The summed E-state index contributed by atoms with van der Waals surface area (Å²) in [5.41, 5.74) is 7.99. The standard InChI is InChI=1S/C53H38N4SSi/c1-53(2)44-23-10-12-25-48(44)58-50-45(53)28-29-47-49(50)42-22-14-30-54-52(42)57(47)35-15-13-20-38(33-35)59(36-16-5-3-6-17-36,37-18-7-4-8-19-37)39-26-27-40-41-21-9-11-24-46(41)56-32-31-55-51(56)43(40)34-39/h3-34H,1-2H3.